The third-order valence-corrected chi connectivity index (χ3v) is 4.16. The first-order valence-corrected chi connectivity index (χ1v) is 9.21. The number of carbonyl (C=O) groups is 2. The van der Waals surface area contributed by atoms with Gasteiger partial charge >= 0.3 is 0 Å². The van der Waals surface area contributed by atoms with E-state index in [1.54, 1.807) is 31.2 Å². The van der Waals surface area contributed by atoms with E-state index in [1.165, 1.54) is 33.5 Å². The van der Waals surface area contributed by atoms with Gasteiger partial charge in [0.05, 0.1) is 21.3 Å². The number of aromatic hydroxyl groups is 1. The van der Waals surface area contributed by atoms with Crippen molar-refractivity contribution in [2.75, 3.05) is 34.4 Å². The van der Waals surface area contributed by atoms with Crippen molar-refractivity contribution in [2.24, 2.45) is 0 Å². The third kappa shape index (κ3) is 5.94. The molecule has 9 nitrogen and oxygen atoms in total. The fourth-order valence-corrected chi connectivity index (χ4v) is 2.60. The van der Waals surface area contributed by atoms with Crippen molar-refractivity contribution in [1.82, 2.24) is 10.6 Å². The van der Waals surface area contributed by atoms with Crippen LogP contribution in [0.1, 0.15) is 17.3 Å². The lowest BCUT2D eigenvalue weighted by atomic mass is 10.1. The van der Waals surface area contributed by atoms with Crippen molar-refractivity contribution < 1.29 is 33.6 Å². The molecule has 9 heteroatoms. The van der Waals surface area contributed by atoms with Gasteiger partial charge in [-0.2, -0.15) is 0 Å². The number of nitrogens with one attached hydrogen (secondary N) is 2. The molecule has 0 radical (unpaired) electrons. The zero-order chi connectivity index (χ0) is 22.1. The molecule has 0 aliphatic heterocycles. The summed E-state index contributed by atoms with van der Waals surface area (Å²) in [6, 6.07) is 9.16. The van der Waals surface area contributed by atoms with E-state index in [4.69, 9.17) is 18.9 Å². The summed E-state index contributed by atoms with van der Waals surface area (Å²) < 4.78 is 21.2. The van der Waals surface area contributed by atoms with Gasteiger partial charge in [0.25, 0.3) is 11.8 Å². The van der Waals surface area contributed by atoms with Crippen LogP contribution in [0.15, 0.2) is 36.4 Å². The molecule has 0 saturated heterocycles. The number of carbonyl (C=O) groups excluding carboxylic acids is 2. The van der Waals surface area contributed by atoms with Crippen LogP contribution in [0.25, 0.3) is 0 Å². The van der Waals surface area contributed by atoms with Crippen LogP contribution in [0, 0.1) is 0 Å². The molecule has 162 valence electrons. The SMILES string of the molecule is COc1cc(C(=O)NCCNC(=O)C(C)Oc2ccc(O)cc2)cc(OC)c1OC. The van der Waals surface area contributed by atoms with Crippen LogP contribution < -0.4 is 29.6 Å². The Morgan fingerprint density at radius 3 is 2.03 bits per heavy atom. The van der Waals surface area contributed by atoms with Crippen LogP contribution in [0.4, 0.5) is 0 Å². The van der Waals surface area contributed by atoms with Crippen LogP contribution in [0.3, 0.4) is 0 Å². The van der Waals surface area contributed by atoms with Crippen molar-refractivity contribution in [2.45, 2.75) is 13.0 Å². The molecule has 30 heavy (non-hydrogen) atoms. The first-order chi connectivity index (χ1) is 14.4. The molecule has 1 atom stereocenters. The average molecular weight is 418 g/mol. The van der Waals surface area contributed by atoms with Crippen molar-refractivity contribution >= 4 is 11.8 Å². The minimum Gasteiger partial charge on any atom is -0.508 e. The maximum Gasteiger partial charge on any atom is 0.260 e. The molecule has 0 aromatic heterocycles. The van der Waals surface area contributed by atoms with E-state index in [-0.39, 0.29) is 30.7 Å². The molecular weight excluding hydrogens is 392 g/mol. The molecule has 0 aliphatic rings. The summed E-state index contributed by atoms with van der Waals surface area (Å²) in [6.45, 7) is 2.04. The van der Waals surface area contributed by atoms with Gasteiger partial charge in [0, 0.05) is 18.7 Å². The predicted octanol–water partition coefficient (Wildman–Crippen LogP) is 1.73. The van der Waals surface area contributed by atoms with Crippen molar-refractivity contribution in [3.63, 3.8) is 0 Å². The number of phenolic OH excluding ortho intramolecular Hbond substituents is 1. The number of ether oxygens (including phenoxy) is 4. The van der Waals surface area contributed by atoms with Gasteiger partial charge in [-0.3, -0.25) is 9.59 Å². The molecular formula is C21H26N2O7. The number of phenols is 1. The fraction of sp³-hybridized carbons (Fsp3) is 0.333. The summed E-state index contributed by atoms with van der Waals surface area (Å²) in [5.41, 5.74) is 0.333. The third-order valence-electron chi connectivity index (χ3n) is 4.16. The first-order valence-electron chi connectivity index (χ1n) is 9.21. The molecule has 0 spiro atoms. The van der Waals surface area contributed by atoms with Gasteiger partial charge in [-0.05, 0) is 43.3 Å². The molecule has 0 fully saturated rings. The lowest BCUT2D eigenvalue weighted by molar-refractivity contribution is -0.127. The maximum atomic E-state index is 12.4. The Balaban J connectivity index is 1.84. The summed E-state index contributed by atoms with van der Waals surface area (Å²) in [7, 11) is 4.42. The Morgan fingerprint density at radius 2 is 1.50 bits per heavy atom. The molecule has 0 aliphatic carbocycles. The van der Waals surface area contributed by atoms with E-state index >= 15 is 0 Å². The smallest absolute Gasteiger partial charge is 0.260 e. The van der Waals surface area contributed by atoms with E-state index in [0.717, 1.165) is 0 Å². The predicted molar refractivity (Wildman–Crippen MR) is 110 cm³/mol. The highest BCUT2D eigenvalue weighted by molar-refractivity contribution is 5.95. The highest BCUT2D eigenvalue weighted by Gasteiger charge is 2.17. The number of hydrogen-bond donors (Lipinski definition) is 3. The van der Waals surface area contributed by atoms with Gasteiger partial charge < -0.3 is 34.7 Å². The second kappa shape index (κ2) is 10.8. The van der Waals surface area contributed by atoms with Crippen LogP contribution in [-0.2, 0) is 4.79 Å². The second-order valence-corrected chi connectivity index (χ2v) is 6.21. The van der Waals surface area contributed by atoms with E-state index in [2.05, 4.69) is 10.6 Å². The number of benzene rings is 2. The van der Waals surface area contributed by atoms with Crippen LogP contribution in [0.5, 0.6) is 28.7 Å². The molecule has 0 heterocycles. The van der Waals surface area contributed by atoms with Crippen LogP contribution in [-0.4, -0.2) is 57.4 Å². The topological polar surface area (TPSA) is 115 Å². The van der Waals surface area contributed by atoms with Crippen LogP contribution >= 0.6 is 0 Å². The van der Waals surface area contributed by atoms with Crippen molar-refractivity contribution in [1.29, 1.82) is 0 Å². The van der Waals surface area contributed by atoms with Crippen molar-refractivity contribution in [3.8, 4) is 28.7 Å². The summed E-state index contributed by atoms with van der Waals surface area (Å²) in [5.74, 6) is 1.04. The zero-order valence-corrected chi connectivity index (χ0v) is 17.4. The Hall–Kier alpha value is -3.62. The van der Waals surface area contributed by atoms with E-state index < -0.39 is 6.10 Å². The molecule has 1 unspecified atom stereocenters. The van der Waals surface area contributed by atoms with Crippen LogP contribution in [0.2, 0.25) is 0 Å². The normalized spacial score (nSPS) is 11.2. The van der Waals surface area contributed by atoms with Gasteiger partial charge in [-0.25, -0.2) is 0 Å². The molecule has 2 amide bonds. The van der Waals surface area contributed by atoms with E-state index in [9.17, 15) is 14.7 Å². The second-order valence-electron chi connectivity index (χ2n) is 6.21. The Kier molecular flexibility index (Phi) is 8.16. The highest BCUT2D eigenvalue weighted by Crippen LogP contribution is 2.38. The van der Waals surface area contributed by atoms with Gasteiger partial charge in [0.2, 0.25) is 5.75 Å². The largest absolute Gasteiger partial charge is 0.508 e. The quantitative estimate of drug-likeness (QED) is 0.503. The molecule has 2 rings (SSSR count). The van der Waals surface area contributed by atoms with Crippen molar-refractivity contribution in [3.05, 3.63) is 42.0 Å². The minimum atomic E-state index is -0.736. The summed E-state index contributed by atoms with van der Waals surface area (Å²) in [4.78, 5) is 24.5. The van der Waals surface area contributed by atoms with Gasteiger partial charge in [0.1, 0.15) is 11.5 Å². The molecule has 0 saturated carbocycles. The Labute approximate surface area is 174 Å². The molecule has 3 N–H and O–H groups in total. The zero-order valence-electron chi connectivity index (χ0n) is 17.4. The minimum absolute atomic E-state index is 0.113. The molecule has 2 aromatic rings. The average Bonchev–Trinajstić information content (AvgIpc) is 2.76. The van der Waals surface area contributed by atoms with Gasteiger partial charge in [-0.15, -0.1) is 0 Å². The summed E-state index contributed by atoms with van der Waals surface area (Å²) in [5, 5.41) is 14.7. The number of amides is 2. The number of hydrogen-bond acceptors (Lipinski definition) is 7. The standard InChI is InChI=1S/C21H26N2O7/c1-13(30-16-7-5-15(24)6-8-16)20(25)22-9-10-23-21(26)14-11-17(27-2)19(29-4)18(12-14)28-3/h5-8,11-13,24H,9-10H2,1-4H3,(H,22,25)(H,23,26). The lowest BCUT2D eigenvalue weighted by Gasteiger charge is -2.15. The van der Waals surface area contributed by atoms with Gasteiger partial charge in [-0.1, -0.05) is 0 Å². The number of methoxy groups -OCH3 is 3. The van der Waals surface area contributed by atoms with E-state index in [1.807, 2.05) is 0 Å². The fourth-order valence-electron chi connectivity index (χ4n) is 2.60. The Bertz CT molecular complexity index is 843. The summed E-state index contributed by atoms with van der Waals surface area (Å²) in [6.07, 6.45) is -0.736. The molecule has 2 aromatic carbocycles. The Morgan fingerprint density at radius 1 is 0.933 bits per heavy atom. The highest BCUT2D eigenvalue weighted by atomic mass is 16.5. The maximum absolute atomic E-state index is 12.4. The van der Waals surface area contributed by atoms with Gasteiger partial charge in [0.15, 0.2) is 17.6 Å². The summed E-state index contributed by atoms with van der Waals surface area (Å²) >= 11 is 0. The monoisotopic (exact) mass is 418 g/mol. The molecule has 0 bridgehead atoms. The number of rotatable bonds is 10. The van der Waals surface area contributed by atoms with E-state index in [0.29, 0.717) is 28.6 Å². The lowest BCUT2D eigenvalue weighted by Crippen LogP contribution is -2.40. The first kappa shape index (κ1) is 22.7.